The molecular formula is C24H54Cl2Cu4N12O12+6. The van der Waals surface area contributed by atoms with Gasteiger partial charge < -0.3 is 43.8 Å². The van der Waals surface area contributed by atoms with Crippen LogP contribution in [0.5, 0.6) is 0 Å². The molecule has 2 radical (unpaired) electrons. The van der Waals surface area contributed by atoms with Crippen LogP contribution in [0.3, 0.4) is 0 Å². The van der Waals surface area contributed by atoms with Gasteiger partial charge in [-0.25, -0.2) is 0 Å². The number of hydrogen-bond donors (Lipinski definition) is 10. The summed E-state index contributed by atoms with van der Waals surface area (Å²) in [5.74, 6) is 0. The van der Waals surface area contributed by atoms with Gasteiger partial charge in [-0.1, -0.05) is 20.6 Å². The number of oxime groups is 4. The van der Waals surface area contributed by atoms with Crippen LogP contribution in [0.2, 0.25) is 0 Å². The number of hydrogen-bond acceptors (Lipinski definition) is 24. The van der Waals surface area contributed by atoms with Gasteiger partial charge in [0.1, 0.15) is 0 Å². The van der Waals surface area contributed by atoms with E-state index in [1.54, 1.807) is 55.4 Å². The molecule has 0 aliphatic rings. The van der Waals surface area contributed by atoms with Gasteiger partial charge in [0, 0.05) is 26.2 Å². The van der Waals surface area contributed by atoms with Gasteiger partial charge in [-0.05, 0) is 55.4 Å². The summed E-state index contributed by atoms with van der Waals surface area (Å²) in [6.45, 7) is 18.3. The molecule has 0 aromatic rings. The topological polar surface area (TPSA) is 463 Å². The van der Waals surface area contributed by atoms with Crippen molar-refractivity contribution < 1.29 is 147 Å². The van der Waals surface area contributed by atoms with Crippen molar-refractivity contribution in [3.8, 4) is 0 Å². The largest absolute Gasteiger partial charge is 2.00 e. The van der Waals surface area contributed by atoms with Crippen molar-refractivity contribution in [3.05, 3.63) is 0 Å². The molecule has 54 heavy (non-hydrogen) atoms. The van der Waals surface area contributed by atoms with Crippen molar-refractivity contribution in [2.45, 2.75) is 55.4 Å². The molecule has 0 unspecified atom stereocenters. The van der Waals surface area contributed by atoms with Crippen LogP contribution in [0.15, 0.2) is 40.6 Å². The molecule has 0 aromatic carbocycles. The second kappa shape index (κ2) is 51.7. The molecular weight excluding hydrogens is 973 g/mol. The summed E-state index contributed by atoms with van der Waals surface area (Å²) in [5, 5.41) is 45.1. The third-order valence-corrected chi connectivity index (χ3v) is 4.61. The van der Waals surface area contributed by atoms with Gasteiger partial charge in [0.15, 0.2) is 0 Å². The molecule has 0 bridgehead atoms. The Morgan fingerprint density at radius 1 is 0.389 bits per heavy atom. The molecule has 0 fully saturated rings. The predicted octanol–water partition coefficient (Wildman–Crippen LogP) is -7.23. The fourth-order valence-electron chi connectivity index (χ4n) is 1.68. The van der Waals surface area contributed by atoms with Crippen molar-refractivity contribution in [1.29, 1.82) is 0 Å². The number of nitrogens with zero attached hydrogens (tertiary/aromatic N) is 8. The van der Waals surface area contributed by atoms with Gasteiger partial charge in [0.2, 0.25) is 0 Å². The zero-order valence-corrected chi connectivity index (χ0v) is 35.9. The Hall–Kier alpha value is -1.26. The van der Waals surface area contributed by atoms with Gasteiger partial charge in [-0.3, -0.25) is 20.0 Å². The maximum atomic E-state index is 8.60. The number of nitrogens with two attached hydrogens (primary N) is 4. The maximum Gasteiger partial charge on any atom is 2.00 e. The predicted molar refractivity (Wildman–Crippen MR) is 172 cm³/mol. The maximum absolute atomic E-state index is 8.60. The molecule has 30 heteroatoms. The number of rotatable bonds is 12. The Morgan fingerprint density at radius 2 is 0.500 bits per heavy atom. The first-order chi connectivity index (χ1) is 22.9. The molecule has 0 spiro atoms. The molecule has 0 amide bonds. The molecule has 24 nitrogen and oxygen atoms in total. The first kappa shape index (κ1) is 77.3. The number of halogens is 2. The normalized spacial score (nSPS) is 12.5. The molecule has 0 aliphatic heterocycles. The van der Waals surface area contributed by atoms with Gasteiger partial charge in [0.05, 0.1) is 102 Å². The van der Waals surface area contributed by atoms with E-state index in [0.29, 0.717) is 75.2 Å². The minimum absolute atomic E-state index is 0. The second-order valence-electron chi connectivity index (χ2n) is 8.56. The van der Waals surface area contributed by atoms with E-state index in [1.807, 2.05) is 0 Å². The van der Waals surface area contributed by atoms with E-state index < -0.39 is 20.5 Å². The van der Waals surface area contributed by atoms with Gasteiger partial charge in [-0.2, -0.15) is 28.0 Å². The summed E-state index contributed by atoms with van der Waals surface area (Å²) in [7, 11) is -9.39. The summed E-state index contributed by atoms with van der Waals surface area (Å²) in [6, 6.07) is 0. The van der Waals surface area contributed by atoms with E-state index in [0.717, 1.165) is 22.8 Å². The van der Waals surface area contributed by atoms with Crippen LogP contribution in [0.25, 0.3) is 0 Å². The van der Waals surface area contributed by atoms with Crippen molar-refractivity contribution in [3.63, 3.8) is 0 Å². The molecule has 0 rings (SSSR count). The molecule has 334 valence electrons. The van der Waals surface area contributed by atoms with E-state index in [9.17, 15) is 0 Å². The van der Waals surface area contributed by atoms with Crippen LogP contribution in [0.1, 0.15) is 55.4 Å². The molecule has 0 saturated carbocycles. The fraction of sp³-hybridized carbons (Fsp3) is 0.667. The van der Waals surface area contributed by atoms with Crippen molar-refractivity contribution in [1.82, 2.24) is 0 Å². The third kappa shape index (κ3) is 83.6. The van der Waals surface area contributed by atoms with Crippen LogP contribution in [-0.2, 0) is 68.3 Å². The Morgan fingerprint density at radius 3 is 0.574 bits per heavy atom. The van der Waals surface area contributed by atoms with E-state index in [1.165, 1.54) is 0 Å². The van der Waals surface area contributed by atoms with E-state index in [-0.39, 0.29) is 68.3 Å². The Kier molecular flexibility index (Phi) is 74.1. The zero-order valence-electron chi connectivity index (χ0n) is 30.6. The van der Waals surface area contributed by atoms with Crippen LogP contribution >= 0.6 is 0 Å². The summed E-state index contributed by atoms with van der Waals surface area (Å²) in [6.07, 6.45) is 0. The van der Waals surface area contributed by atoms with E-state index in [4.69, 9.17) is 81.0 Å². The SMILES string of the molecule is CC(=NCCN)/C(C)=N/O.CC(=NCCN)/C(C)=N/O.CC(=NCCN)/C(C)=N/O.CC(=NCCN)/C(C)=N/O.[Cu+2].[Cu+2].[Cu+].[Cu+].[O-][Cl+3]([O-])([O-])O.[O-][Cl+3]([O-])([O-])O. The molecule has 14 N–H and O–H groups in total. The minimum Gasteiger partial charge on any atom is -0.411 e. The van der Waals surface area contributed by atoms with Gasteiger partial charge >= 0.3 is 68.3 Å². The smallest absolute Gasteiger partial charge is 0.411 e. The second-order valence-corrected chi connectivity index (χ2v) is 10.1. The van der Waals surface area contributed by atoms with E-state index >= 15 is 0 Å². The van der Waals surface area contributed by atoms with E-state index in [2.05, 4.69) is 40.6 Å². The summed E-state index contributed by atoms with van der Waals surface area (Å²) >= 11 is 0. The standard InChI is InChI=1S/4C6H13N3O.2ClHO4.4Cu/c4*1-5(6(2)9-10)8-4-3-7;2*2-1(3,4)5;;;;/h4*10H,3-4,7H2,1-2H3;2*(H,2,3,4,5);;;;/q;;;;;;2*+1;2*+2/b4*8-5?,9-6+;;;;;;. The molecule has 0 saturated heterocycles. The quantitative estimate of drug-likeness (QED) is 0.0376. The Bertz CT molecular complexity index is 944. The summed E-state index contributed by atoms with van der Waals surface area (Å²) < 4.78 is 65.4. The first-order valence-corrected chi connectivity index (χ1v) is 16.3. The Balaban J connectivity index is -0.0000000540. The zero-order chi connectivity index (χ0) is 40.9. The average molecular weight is 1030 g/mol. The minimum atomic E-state index is -4.69. The van der Waals surface area contributed by atoms with Crippen LogP contribution in [0.4, 0.5) is 0 Å². The van der Waals surface area contributed by atoms with Crippen LogP contribution in [0, 0.1) is 20.5 Å². The molecule has 0 atom stereocenters. The van der Waals surface area contributed by atoms with Gasteiger partial charge in [-0.15, -0.1) is 0 Å². The van der Waals surface area contributed by atoms with Crippen molar-refractivity contribution >= 4 is 45.7 Å². The van der Waals surface area contributed by atoms with Crippen LogP contribution < -0.4 is 50.9 Å². The number of aliphatic imine (C=N–C) groups is 4. The third-order valence-electron chi connectivity index (χ3n) is 4.61. The first-order valence-electron chi connectivity index (χ1n) is 13.8. The van der Waals surface area contributed by atoms with Crippen molar-refractivity contribution in [2.75, 3.05) is 52.4 Å². The monoisotopic (exact) mass is 1020 g/mol. The average Bonchev–Trinajstić information content (AvgIpc) is 3.04. The van der Waals surface area contributed by atoms with Gasteiger partial charge in [0.25, 0.3) is 0 Å². The summed E-state index contributed by atoms with van der Waals surface area (Å²) in [5.41, 5.74) is 25.9. The Labute approximate surface area is 361 Å². The molecule has 0 aromatic heterocycles. The fourth-order valence-corrected chi connectivity index (χ4v) is 1.68. The van der Waals surface area contributed by atoms with Crippen molar-refractivity contribution in [2.24, 2.45) is 63.5 Å². The molecule has 0 heterocycles. The van der Waals surface area contributed by atoms with Crippen LogP contribution in [-0.4, -0.2) is 128 Å². The summed E-state index contributed by atoms with van der Waals surface area (Å²) in [4.78, 5) is 16.1. The molecule has 0 aliphatic carbocycles.